The normalized spacial score (nSPS) is 12.3. The van der Waals surface area contributed by atoms with Crippen molar-refractivity contribution in [2.45, 2.75) is 26.3 Å². The number of benzene rings is 1. The molecule has 0 aliphatic heterocycles. The molecule has 0 fully saturated rings. The Hall–Kier alpha value is -1.75. The van der Waals surface area contributed by atoms with Crippen molar-refractivity contribution in [1.82, 2.24) is 5.32 Å². The molecule has 0 bridgehead atoms. The standard InChI is InChI=1S/C14H22N2O3/c1-9(2)12(6-7-17)16-14(18)10-4-5-13(19-3)11(15)8-10/h4-5,8-9,12,17H,6-7,15H2,1-3H3,(H,16,18). The fourth-order valence-corrected chi connectivity index (χ4v) is 1.84. The van der Waals surface area contributed by atoms with Gasteiger partial charge in [0, 0.05) is 18.2 Å². The monoisotopic (exact) mass is 266 g/mol. The van der Waals surface area contributed by atoms with Gasteiger partial charge in [0.05, 0.1) is 12.8 Å². The molecule has 0 spiro atoms. The van der Waals surface area contributed by atoms with Crippen molar-refractivity contribution in [1.29, 1.82) is 0 Å². The van der Waals surface area contributed by atoms with Crippen LogP contribution >= 0.6 is 0 Å². The summed E-state index contributed by atoms with van der Waals surface area (Å²) in [6.07, 6.45) is 0.537. The summed E-state index contributed by atoms with van der Waals surface area (Å²) in [5.41, 5.74) is 6.69. The van der Waals surface area contributed by atoms with Crippen LogP contribution in [0.5, 0.6) is 5.75 Å². The zero-order valence-corrected chi connectivity index (χ0v) is 11.6. The first-order valence-electron chi connectivity index (χ1n) is 6.34. The van der Waals surface area contributed by atoms with Crippen LogP contribution in [0.15, 0.2) is 18.2 Å². The maximum absolute atomic E-state index is 12.1. The number of nitrogen functional groups attached to an aromatic ring is 1. The molecule has 0 aliphatic carbocycles. The van der Waals surface area contributed by atoms with Crippen molar-refractivity contribution in [3.05, 3.63) is 23.8 Å². The van der Waals surface area contributed by atoms with Gasteiger partial charge in [-0.25, -0.2) is 0 Å². The lowest BCUT2D eigenvalue weighted by Crippen LogP contribution is -2.39. The molecular formula is C14H22N2O3. The van der Waals surface area contributed by atoms with Crippen LogP contribution in [0.2, 0.25) is 0 Å². The molecule has 0 aromatic heterocycles. The van der Waals surface area contributed by atoms with Crippen molar-refractivity contribution in [3.8, 4) is 5.75 Å². The third-order valence-corrected chi connectivity index (χ3v) is 3.05. The number of aliphatic hydroxyl groups excluding tert-OH is 1. The summed E-state index contributed by atoms with van der Waals surface area (Å²) in [5, 5.41) is 11.9. The highest BCUT2D eigenvalue weighted by Crippen LogP contribution is 2.22. The van der Waals surface area contributed by atoms with Crippen LogP contribution in [0.3, 0.4) is 0 Å². The van der Waals surface area contributed by atoms with Crippen LogP contribution < -0.4 is 15.8 Å². The average molecular weight is 266 g/mol. The molecule has 0 saturated carbocycles. The fourth-order valence-electron chi connectivity index (χ4n) is 1.84. The summed E-state index contributed by atoms with van der Waals surface area (Å²) in [6.45, 7) is 4.06. The molecule has 1 amide bonds. The van der Waals surface area contributed by atoms with Gasteiger partial charge in [0.1, 0.15) is 5.75 Å². The molecule has 1 aromatic carbocycles. The van der Waals surface area contributed by atoms with Crippen molar-refractivity contribution < 1.29 is 14.6 Å². The number of rotatable bonds is 6. The number of amides is 1. The molecule has 5 heteroatoms. The molecule has 0 aliphatic rings. The SMILES string of the molecule is COc1ccc(C(=O)NC(CCO)C(C)C)cc1N. The molecule has 1 atom stereocenters. The van der Waals surface area contributed by atoms with E-state index in [-0.39, 0.29) is 24.5 Å². The Labute approximate surface area is 113 Å². The van der Waals surface area contributed by atoms with E-state index < -0.39 is 0 Å². The summed E-state index contributed by atoms with van der Waals surface area (Å²) in [5.74, 6) is 0.612. The van der Waals surface area contributed by atoms with Crippen molar-refractivity contribution in [3.63, 3.8) is 0 Å². The maximum atomic E-state index is 12.1. The van der Waals surface area contributed by atoms with E-state index in [0.717, 1.165) is 0 Å². The second-order valence-corrected chi connectivity index (χ2v) is 4.79. The van der Waals surface area contributed by atoms with E-state index in [9.17, 15) is 4.79 Å². The minimum Gasteiger partial charge on any atom is -0.495 e. The second kappa shape index (κ2) is 6.99. The number of anilines is 1. The lowest BCUT2D eigenvalue weighted by atomic mass is 10.0. The third kappa shape index (κ3) is 4.13. The first-order valence-corrected chi connectivity index (χ1v) is 6.34. The average Bonchev–Trinajstić information content (AvgIpc) is 2.37. The quantitative estimate of drug-likeness (QED) is 0.680. The van der Waals surface area contributed by atoms with Crippen molar-refractivity contribution in [2.24, 2.45) is 5.92 Å². The van der Waals surface area contributed by atoms with Gasteiger partial charge in [0.15, 0.2) is 0 Å². The molecule has 0 saturated heterocycles. The fraction of sp³-hybridized carbons (Fsp3) is 0.500. The van der Waals surface area contributed by atoms with Gasteiger partial charge in [-0.05, 0) is 30.5 Å². The van der Waals surface area contributed by atoms with Gasteiger partial charge in [-0.3, -0.25) is 4.79 Å². The zero-order valence-electron chi connectivity index (χ0n) is 11.6. The highest BCUT2D eigenvalue weighted by molar-refractivity contribution is 5.95. The Morgan fingerprint density at radius 2 is 2.16 bits per heavy atom. The number of nitrogens with two attached hydrogens (primary N) is 1. The van der Waals surface area contributed by atoms with Gasteiger partial charge in [-0.1, -0.05) is 13.8 Å². The Morgan fingerprint density at radius 3 is 2.63 bits per heavy atom. The highest BCUT2D eigenvalue weighted by Gasteiger charge is 2.17. The Kier molecular flexibility index (Phi) is 5.63. The summed E-state index contributed by atoms with van der Waals surface area (Å²) in [7, 11) is 1.53. The number of carbonyl (C=O) groups is 1. The minimum absolute atomic E-state index is 0.0495. The number of methoxy groups -OCH3 is 1. The van der Waals surface area contributed by atoms with E-state index >= 15 is 0 Å². The van der Waals surface area contributed by atoms with Crippen LogP contribution in [-0.4, -0.2) is 30.8 Å². The Bertz CT molecular complexity index is 433. The van der Waals surface area contributed by atoms with E-state index in [1.165, 1.54) is 7.11 Å². The van der Waals surface area contributed by atoms with E-state index in [1.54, 1.807) is 18.2 Å². The van der Waals surface area contributed by atoms with Crippen LogP contribution in [0, 0.1) is 5.92 Å². The molecule has 1 unspecified atom stereocenters. The van der Waals surface area contributed by atoms with Crippen LogP contribution in [0.1, 0.15) is 30.6 Å². The van der Waals surface area contributed by atoms with Gasteiger partial charge >= 0.3 is 0 Å². The zero-order chi connectivity index (χ0) is 14.4. The first kappa shape index (κ1) is 15.3. The van der Waals surface area contributed by atoms with E-state index in [0.29, 0.717) is 23.4 Å². The number of hydrogen-bond donors (Lipinski definition) is 3. The number of nitrogens with one attached hydrogen (secondary N) is 1. The van der Waals surface area contributed by atoms with Gasteiger partial charge in [-0.15, -0.1) is 0 Å². The smallest absolute Gasteiger partial charge is 0.251 e. The minimum atomic E-state index is -0.193. The Balaban J connectivity index is 2.79. The summed E-state index contributed by atoms with van der Waals surface area (Å²) in [4.78, 5) is 12.1. The number of ether oxygens (including phenoxy) is 1. The Morgan fingerprint density at radius 1 is 1.47 bits per heavy atom. The van der Waals surface area contributed by atoms with Crippen LogP contribution in [-0.2, 0) is 0 Å². The maximum Gasteiger partial charge on any atom is 0.251 e. The number of carbonyl (C=O) groups excluding carboxylic acids is 1. The lowest BCUT2D eigenvalue weighted by Gasteiger charge is -2.21. The summed E-state index contributed by atoms with van der Waals surface area (Å²) in [6, 6.07) is 4.87. The molecule has 5 nitrogen and oxygen atoms in total. The second-order valence-electron chi connectivity index (χ2n) is 4.79. The number of hydrogen-bond acceptors (Lipinski definition) is 4. The molecule has 106 valence electrons. The van der Waals surface area contributed by atoms with Gasteiger partial charge < -0.3 is 20.9 Å². The van der Waals surface area contributed by atoms with Crippen LogP contribution in [0.4, 0.5) is 5.69 Å². The predicted molar refractivity (Wildman–Crippen MR) is 75.2 cm³/mol. The van der Waals surface area contributed by atoms with Crippen molar-refractivity contribution in [2.75, 3.05) is 19.5 Å². The van der Waals surface area contributed by atoms with Crippen molar-refractivity contribution >= 4 is 11.6 Å². The molecule has 19 heavy (non-hydrogen) atoms. The van der Waals surface area contributed by atoms with Gasteiger partial charge in [-0.2, -0.15) is 0 Å². The summed E-state index contributed by atoms with van der Waals surface area (Å²) < 4.78 is 5.05. The molecule has 0 radical (unpaired) electrons. The summed E-state index contributed by atoms with van der Waals surface area (Å²) >= 11 is 0. The topological polar surface area (TPSA) is 84.6 Å². The molecule has 1 aromatic rings. The first-order chi connectivity index (χ1) is 8.99. The number of aliphatic hydroxyl groups is 1. The predicted octanol–water partition coefficient (Wildman–Crippen LogP) is 1.41. The molecular weight excluding hydrogens is 244 g/mol. The lowest BCUT2D eigenvalue weighted by molar-refractivity contribution is 0.0916. The third-order valence-electron chi connectivity index (χ3n) is 3.05. The molecule has 4 N–H and O–H groups in total. The molecule has 1 rings (SSSR count). The molecule has 0 heterocycles. The van der Waals surface area contributed by atoms with E-state index in [2.05, 4.69) is 5.32 Å². The van der Waals surface area contributed by atoms with Gasteiger partial charge in [0.25, 0.3) is 5.91 Å². The highest BCUT2D eigenvalue weighted by atomic mass is 16.5. The largest absolute Gasteiger partial charge is 0.495 e. The van der Waals surface area contributed by atoms with E-state index in [4.69, 9.17) is 15.6 Å². The van der Waals surface area contributed by atoms with Crippen LogP contribution in [0.25, 0.3) is 0 Å². The van der Waals surface area contributed by atoms with E-state index in [1.807, 2.05) is 13.8 Å². The van der Waals surface area contributed by atoms with Gasteiger partial charge in [0.2, 0.25) is 0 Å².